The summed E-state index contributed by atoms with van der Waals surface area (Å²) in [5, 5.41) is 0.245. The van der Waals surface area contributed by atoms with Crippen molar-refractivity contribution >= 4 is 27.5 Å². The lowest BCUT2D eigenvalue weighted by atomic mass is 9.83. The first kappa shape index (κ1) is 13.1. The van der Waals surface area contributed by atoms with Crippen LogP contribution in [-0.4, -0.2) is 9.55 Å². The van der Waals surface area contributed by atoms with Crippen molar-refractivity contribution in [3.05, 3.63) is 26.3 Å². The summed E-state index contributed by atoms with van der Waals surface area (Å²) in [7, 11) is 0. The molecule has 0 aromatic carbocycles. The van der Waals surface area contributed by atoms with Gasteiger partial charge in [0.2, 0.25) is 0 Å². The zero-order valence-electron chi connectivity index (χ0n) is 9.83. The lowest BCUT2D eigenvalue weighted by Crippen LogP contribution is -2.32. The van der Waals surface area contributed by atoms with E-state index in [9.17, 15) is 4.79 Å². The fourth-order valence-electron chi connectivity index (χ4n) is 2.69. The SMILES string of the molecule is CCC1CCCCC1n1cnc(Cl)c(Br)c1=O. The van der Waals surface area contributed by atoms with Crippen LogP contribution in [-0.2, 0) is 0 Å². The minimum absolute atomic E-state index is 0.0599. The highest BCUT2D eigenvalue weighted by molar-refractivity contribution is 9.10. The summed E-state index contributed by atoms with van der Waals surface area (Å²) in [4.78, 5) is 16.2. The monoisotopic (exact) mass is 318 g/mol. The van der Waals surface area contributed by atoms with E-state index in [4.69, 9.17) is 11.6 Å². The van der Waals surface area contributed by atoms with Gasteiger partial charge in [0.25, 0.3) is 5.56 Å². The largest absolute Gasteiger partial charge is 0.295 e. The van der Waals surface area contributed by atoms with Crippen molar-refractivity contribution in [1.82, 2.24) is 9.55 Å². The Morgan fingerprint density at radius 1 is 1.53 bits per heavy atom. The molecule has 1 saturated carbocycles. The molecule has 3 nitrogen and oxygen atoms in total. The first-order valence-corrected chi connectivity index (χ1v) is 7.24. The molecule has 0 radical (unpaired) electrons. The van der Waals surface area contributed by atoms with Gasteiger partial charge in [-0.25, -0.2) is 4.98 Å². The molecule has 5 heteroatoms. The molecule has 94 valence electrons. The van der Waals surface area contributed by atoms with Gasteiger partial charge in [-0.2, -0.15) is 0 Å². The first-order chi connectivity index (χ1) is 8.15. The van der Waals surface area contributed by atoms with Crippen LogP contribution >= 0.6 is 27.5 Å². The van der Waals surface area contributed by atoms with E-state index < -0.39 is 0 Å². The summed E-state index contributed by atoms with van der Waals surface area (Å²) in [6.45, 7) is 2.19. The Balaban J connectivity index is 2.39. The summed E-state index contributed by atoms with van der Waals surface area (Å²) < 4.78 is 2.13. The van der Waals surface area contributed by atoms with Crippen molar-refractivity contribution < 1.29 is 0 Å². The molecule has 17 heavy (non-hydrogen) atoms. The van der Waals surface area contributed by atoms with Gasteiger partial charge in [0, 0.05) is 6.04 Å². The van der Waals surface area contributed by atoms with E-state index in [0.717, 1.165) is 12.8 Å². The molecular formula is C12H16BrClN2O. The molecular weight excluding hydrogens is 304 g/mol. The Morgan fingerprint density at radius 3 is 2.94 bits per heavy atom. The highest BCUT2D eigenvalue weighted by Gasteiger charge is 2.26. The molecule has 1 aromatic rings. The third kappa shape index (κ3) is 2.58. The van der Waals surface area contributed by atoms with E-state index in [1.165, 1.54) is 19.3 Å². The van der Waals surface area contributed by atoms with Crippen LogP contribution in [0.2, 0.25) is 5.15 Å². The van der Waals surface area contributed by atoms with Gasteiger partial charge in [-0.1, -0.05) is 37.8 Å². The van der Waals surface area contributed by atoms with E-state index in [0.29, 0.717) is 10.4 Å². The number of nitrogens with zero attached hydrogens (tertiary/aromatic N) is 2. The maximum atomic E-state index is 12.1. The molecule has 0 spiro atoms. The van der Waals surface area contributed by atoms with Crippen molar-refractivity contribution in [2.24, 2.45) is 5.92 Å². The quantitative estimate of drug-likeness (QED) is 0.777. The second-order valence-electron chi connectivity index (χ2n) is 4.58. The second-order valence-corrected chi connectivity index (χ2v) is 5.73. The van der Waals surface area contributed by atoms with Crippen LogP contribution < -0.4 is 5.56 Å². The molecule has 2 unspecified atom stereocenters. The zero-order chi connectivity index (χ0) is 12.4. The van der Waals surface area contributed by atoms with Gasteiger partial charge in [-0.05, 0) is 34.7 Å². The third-order valence-electron chi connectivity index (χ3n) is 3.65. The zero-order valence-corrected chi connectivity index (χ0v) is 12.2. The van der Waals surface area contributed by atoms with E-state index in [2.05, 4.69) is 27.8 Å². The fourth-order valence-corrected chi connectivity index (χ4v) is 3.12. The Labute approximate surface area is 114 Å². The van der Waals surface area contributed by atoms with Gasteiger partial charge >= 0.3 is 0 Å². The van der Waals surface area contributed by atoms with Gasteiger partial charge < -0.3 is 0 Å². The molecule has 0 bridgehead atoms. The molecule has 0 N–H and O–H groups in total. The molecule has 0 aliphatic heterocycles. The molecule has 0 saturated heterocycles. The Hall–Kier alpha value is -0.350. The van der Waals surface area contributed by atoms with Crippen LogP contribution in [0.5, 0.6) is 0 Å². The van der Waals surface area contributed by atoms with Gasteiger partial charge in [0.15, 0.2) is 5.15 Å². The lowest BCUT2D eigenvalue weighted by Gasteiger charge is -2.32. The summed E-state index contributed by atoms with van der Waals surface area (Å²) in [5.41, 5.74) is -0.0599. The maximum absolute atomic E-state index is 12.1. The van der Waals surface area contributed by atoms with E-state index >= 15 is 0 Å². The molecule has 1 heterocycles. The standard InChI is InChI=1S/C12H16BrClN2O/c1-2-8-5-3-4-6-9(8)16-7-15-11(14)10(13)12(16)17/h7-9H,2-6H2,1H3. The maximum Gasteiger partial charge on any atom is 0.269 e. The Kier molecular flexibility index (Phi) is 4.26. The Morgan fingerprint density at radius 2 is 2.24 bits per heavy atom. The molecule has 2 atom stereocenters. The van der Waals surface area contributed by atoms with Crippen LogP contribution in [0.25, 0.3) is 0 Å². The topological polar surface area (TPSA) is 34.9 Å². The van der Waals surface area contributed by atoms with Crippen molar-refractivity contribution in [2.45, 2.75) is 45.1 Å². The van der Waals surface area contributed by atoms with Crippen molar-refractivity contribution in [1.29, 1.82) is 0 Å². The normalized spacial score (nSPS) is 24.9. The number of aromatic nitrogens is 2. The first-order valence-electron chi connectivity index (χ1n) is 6.07. The van der Waals surface area contributed by atoms with Gasteiger partial charge in [-0.3, -0.25) is 9.36 Å². The highest BCUT2D eigenvalue weighted by atomic mass is 79.9. The lowest BCUT2D eigenvalue weighted by molar-refractivity contribution is 0.226. The van der Waals surface area contributed by atoms with Gasteiger partial charge in [0.1, 0.15) is 4.47 Å². The van der Waals surface area contributed by atoms with Crippen molar-refractivity contribution in [3.63, 3.8) is 0 Å². The summed E-state index contributed by atoms with van der Waals surface area (Å²) >= 11 is 9.03. The third-order valence-corrected chi connectivity index (χ3v) is 4.88. The van der Waals surface area contributed by atoms with E-state index in [-0.39, 0.29) is 16.8 Å². The summed E-state index contributed by atoms with van der Waals surface area (Å²) in [6, 6.07) is 0.280. The predicted octanol–water partition coefficient (Wildman–Crippen LogP) is 3.80. The smallest absolute Gasteiger partial charge is 0.269 e. The van der Waals surface area contributed by atoms with Crippen LogP contribution in [0.15, 0.2) is 15.6 Å². The second kappa shape index (κ2) is 5.53. The molecule has 1 aliphatic carbocycles. The average molecular weight is 320 g/mol. The summed E-state index contributed by atoms with van der Waals surface area (Å²) in [6.07, 6.45) is 7.42. The minimum atomic E-state index is -0.0599. The van der Waals surface area contributed by atoms with Crippen LogP contribution in [0, 0.1) is 5.92 Å². The molecule has 0 amide bonds. The van der Waals surface area contributed by atoms with Gasteiger partial charge in [-0.15, -0.1) is 0 Å². The average Bonchev–Trinajstić information content (AvgIpc) is 2.36. The number of hydrogen-bond acceptors (Lipinski definition) is 2. The number of halogens is 2. The number of rotatable bonds is 2. The molecule has 1 aliphatic rings. The van der Waals surface area contributed by atoms with Crippen molar-refractivity contribution in [2.75, 3.05) is 0 Å². The predicted molar refractivity (Wildman–Crippen MR) is 72.5 cm³/mol. The minimum Gasteiger partial charge on any atom is -0.295 e. The van der Waals surface area contributed by atoms with Crippen LogP contribution in [0.3, 0.4) is 0 Å². The van der Waals surface area contributed by atoms with E-state index in [1.807, 2.05) is 0 Å². The number of hydrogen-bond donors (Lipinski definition) is 0. The Bertz CT molecular complexity index is 460. The van der Waals surface area contributed by atoms with Crippen LogP contribution in [0.1, 0.15) is 45.1 Å². The summed E-state index contributed by atoms with van der Waals surface area (Å²) in [5.74, 6) is 0.580. The van der Waals surface area contributed by atoms with Crippen molar-refractivity contribution in [3.8, 4) is 0 Å². The highest BCUT2D eigenvalue weighted by Crippen LogP contribution is 2.35. The van der Waals surface area contributed by atoms with Gasteiger partial charge in [0.05, 0.1) is 6.33 Å². The molecule has 1 aromatic heterocycles. The van der Waals surface area contributed by atoms with Crippen LogP contribution in [0.4, 0.5) is 0 Å². The van der Waals surface area contributed by atoms with E-state index in [1.54, 1.807) is 10.9 Å². The molecule has 2 rings (SSSR count). The molecule has 1 fully saturated rings. The fraction of sp³-hybridized carbons (Fsp3) is 0.667.